The standard InChI is InChI=1S/C16H32O/c1-6-7-13(2)16(12-17)10-8-14(9-11-16)15(3,4)5/h13-14,17H,6-12H2,1-5H3. The Hall–Kier alpha value is -0.0400. The van der Waals surface area contributed by atoms with Gasteiger partial charge in [0.05, 0.1) is 0 Å². The van der Waals surface area contributed by atoms with E-state index in [2.05, 4.69) is 34.6 Å². The normalized spacial score (nSPS) is 32.5. The zero-order valence-electron chi connectivity index (χ0n) is 12.6. The topological polar surface area (TPSA) is 20.2 Å². The van der Waals surface area contributed by atoms with Gasteiger partial charge in [-0.25, -0.2) is 0 Å². The van der Waals surface area contributed by atoms with Crippen molar-refractivity contribution in [2.75, 3.05) is 6.61 Å². The summed E-state index contributed by atoms with van der Waals surface area (Å²) in [6.45, 7) is 12.1. The van der Waals surface area contributed by atoms with E-state index in [0.717, 1.165) is 5.92 Å². The lowest BCUT2D eigenvalue weighted by Gasteiger charge is -2.46. The number of aliphatic hydroxyl groups is 1. The van der Waals surface area contributed by atoms with Gasteiger partial charge in [-0.15, -0.1) is 0 Å². The summed E-state index contributed by atoms with van der Waals surface area (Å²) in [5.74, 6) is 1.52. The highest BCUT2D eigenvalue weighted by Crippen LogP contribution is 2.49. The van der Waals surface area contributed by atoms with Gasteiger partial charge in [0.1, 0.15) is 0 Å². The molecule has 1 aliphatic carbocycles. The highest BCUT2D eigenvalue weighted by molar-refractivity contribution is 4.91. The van der Waals surface area contributed by atoms with Crippen molar-refractivity contribution in [3.63, 3.8) is 0 Å². The molecule has 0 aliphatic heterocycles. The van der Waals surface area contributed by atoms with Gasteiger partial charge in [-0.05, 0) is 48.3 Å². The molecule has 1 unspecified atom stereocenters. The van der Waals surface area contributed by atoms with E-state index in [1.807, 2.05) is 0 Å². The van der Waals surface area contributed by atoms with Crippen LogP contribution >= 0.6 is 0 Å². The summed E-state index contributed by atoms with van der Waals surface area (Å²) >= 11 is 0. The smallest absolute Gasteiger partial charge is 0.0489 e. The van der Waals surface area contributed by atoms with Crippen LogP contribution in [-0.2, 0) is 0 Å². The Morgan fingerprint density at radius 3 is 2.12 bits per heavy atom. The Labute approximate surface area is 108 Å². The summed E-state index contributed by atoms with van der Waals surface area (Å²) in [5, 5.41) is 9.83. The molecule has 1 fully saturated rings. The van der Waals surface area contributed by atoms with Crippen molar-refractivity contribution < 1.29 is 5.11 Å². The molecule has 1 N–H and O–H groups in total. The Balaban J connectivity index is 2.63. The van der Waals surface area contributed by atoms with Crippen LogP contribution in [-0.4, -0.2) is 11.7 Å². The van der Waals surface area contributed by atoms with Crippen LogP contribution in [0.4, 0.5) is 0 Å². The first-order valence-corrected chi connectivity index (χ1v) is 7.46. The van der Waals surface area contributed by atoms with E-state index in [1.165, 1.54) is 38.5 Å². The monoisotopic (exact) mass is 240 g/mol. The molecule has 1 heteroatoms. The number of aliphatic hydroxyl groups excluding tert-OH is 1. The third kappa shape index (κ3) is 3.47. The van der Waals surface area contributed by atoms with Crippen LogP contribution in [0.5, 0.6) is 0 Å². The molecule has 1 atom stereocenters. The van der Waals surface area contributed by atoms with E-state index in [0.29, 0.717) is 17.9 Å². The fraction of sp³-hybridized carbons (Fsp3) is 1.00. The van der Waals surface area contributed by atoms with Crippen LogP contribution < -0.4 is 0 Å². The number of hydrogen-bond donors (Lipinski definition) is 1. The van der Waals surface area contributed by atoms with Gasteiger partial charge < -0.3 is 5.11 Å². The summed E-state index contributed by atoms with van der Waals surface area (Å²) < 4.78 is 0. The highest BCUT2D eigenvalue weighted by Gasteiger charge is 2.41. The maximum atomic E-state index is 9.83. The van der Waals surface area contributed by atoms with Crippen LogP contribution in [0, 0.1) is 22.7 Å². The molecule has 17 heavy (non-hydrogen) atoms. The van der Waals surface area contributed by atoms with Gasteiger partial charge in [0, 0.05) is 6.61 Å². The third-order valence-corrected chi connectivity index (χ3v) is 5.29. The van der Waals surface area contributed by atoms with Gasteiger partial charge in [0.15, 0.2) is 0 Å². The molecule has 1 aliphatic rings. The van der Waals surface area contributed by atoms with E-state index < -0.39 is 0 Å². The van der Waals surface area contributed by atoms with Gasteiger partial charge >= 0.3 is 0 Å². The van der Waals surface area contributed by atoms with E-state index >= 15 is 0 Å². The minimum atomic E-state index is 0.234. The van der Waals surface area contributed by atoms with Crippen molar-refractivity contribution in [1.82, 2.24) is 0 Å². The van der Waals surface area contributed by atoms with Crippen molar-refractivity contribution in [3.05, 3.63) is 0 Å². The van der Waals surface area contributed by atoms with Crippen molar-refractivity contribution >= 4 is 0 Å². The lowest BCUT2D eigenvalue weighted by Crippen LogP contribution is -2.39. The zero-order valence-corrected chi connectivity index (χ0v) is 12.6. The van der Waals surface area contributed by atoms with Crippen LogP contribution in [0.15, 0.2) is 0 Å². The van der Waals surface area contributed by atoms with Crippen molar-refractivity contribution in [1.29, 1.82) is 0 Å². The third-order valence-electron chi connectivity index (χ3n) is 5.29. The lowest BCUT2D eigenvalue weighted by molar-refractivity contribution is -0.00600. The van der Waals surface area contributed by atoms with E-state index in [4.69, 9.17) is 0 Å². The minimum Gasteiger partial charge on any atom is -0.396 e. The van der Waals surface area contributed by atoms with Gasteiger partial charge in [-0.3, -0.25) is 0 Å². The SMILES string of the molecule is CCCC(C)C1(CO)CCC(C(C)(C)C)CC1. The Kier molecular flexibility index (Phi) is 5.07. The molecule has 1 saturated carbocycles. The molecule has 0 aromatic carbocycles. The van der Waals surface area contributed by atoms with Gasteiger partial charge in [0.25, 0.3) is 0 Å². The molecule has 0 radical (unpaired) electrons. The van der Waals surface area contributed by atoms with E-state index in [9.17, 15) is 5.11 Å². The molecule has 0 amide bonds. The summed E-state index contributed by atoms with van der Waals surface area (Å²) in [7, 11) is 0. The molecule has 0 aromatic rings. The highest BCUT2D eigenvalue weighted by atomic mass is 16.3. The molecule has 0 aromatic heterocycles. The van der Waals surface area contributed by atoms with Crippen molar-refractivity contribution in [2.24, 2.45) is 22.7 Å². The second kappa shape index (κ2) is 5.73. The summed E-state index contributed by atoms with van der Waals surface area (Å²) in [5.41, 5.74) is 0.674. The number of rotatable bonds is 4. The largest absolute Gasteiger partial charge is 0.396 e. The van der Waals surface area contributed by atoms with E-state index in [1.54, 1.807) is 0 Å². The van der Waals surface area contributed by atoms with Crippen molar-refractivity contribution in [3.8, 4) is 0 Å². The van der Waals surface area contributed by atoms with Gasteiger partial charge in [-0.1, -0.05) is 47.5 Å². The second-order valence-corrected chi connectivity index (χ2v) is 7.35. The molecular formula is C16H32O. The van der Waals surface area contributed by atoms with Crippen LogP contribution in [0.1, 0.15) is 73.1 Å². The Morgan fingerprint density at radius 2 is 1.76 bits per heavy atom. The molecule has 0 spiro atoms. The Bertz CT molecular complexity index is 218. The van der Waals surface area contributed by atoms with Crippen molar-refractivity contribution in [2.45, 2.75) is 73.1 Å². The molecule has 102 valence electrons. The quantitative estimate of drug-likeness (QED) is 0.759. The first-order valence-electron chi connectivity index (χ1n) is 7.46. The van der Waals surface area contributed by atoms with Crippen LogP contribution in [0.3, 0.4) is 0 Å². The fourth-order valence-electron chi connectivity index (χ4n) is 3.60. The number of hydrogen-bond acceptors (Lipinski definition) is 1. The molecule has 1 nitrogen and oxygen atoms in total. The van der Waals surface area contributed by atoms with Gasteiger partial charge in [0.2, 0.25) is 0 Å². The van der Waals surface area contributed by atoms with Gasteiger partial charge in [-0.2, -0.15) is 0 Å². The Morgan fingerprint density at radius 1 is 1.24 bits per heavy atom. The predicted molar refractivity (Wildman–Crippen MR) is 75.0 cm³/mol. The molecule has 1 rings (SSSR count). The summed E-state index contributed by atoms with van der Waals surface area (Å²) in [6.07, 6.45) is 7.57. The minimum absolute atomic E-state index is 0.234. The van der Waals surface area contributed by atoms with E-state index in [-0.39, 0.29) is 5.41 Å². The molecular weight excluding hydrogens is 208 g/mol. The molecule has 0 saturated heterocycles. The maximum absolute atomic E-state index is 9.83. The summed E-state index contributed by atoms with van der Waals surface area (Å²) in [4.78, 5) is 0. The first-order chi connectivity index (χ1) is 7.85. The zero-order chi connectivity index (χ0) is 13.1. The first kappa shape index (κ1) is 15.0. The maximum Gasteiger partial charge on any atom is 0.0489 e. The lowest BCUT2D eigenvalue weighted by atomic mass is 9.60. The predicted octanol–water partition coefficient (Wildman–Crippen LogP) is 4.64. The molecule has 0 heterocycles. The fourth-order valence-corrected chi connectivity index (χ4v) is 3.60. The van der Waals surface area contributed by atoms with Crippen LogP contribution in [0.25, 0.3) is 0 Å². The summed E-state index contributed by atoms with van der Waals surface area (Å²) in [6, 6.07) is 0. The molecule has 0 bridgehead atoms. The average molecular weight is 240 g/mol. The average Bonchev–Trinajstić information content (AvgIpc) is 2.28. The van der Waals surface area contributed by atoms with Crippen LogP contribution in [0.2, 0.25) is 0 Å². The second-order valence-electron chi connectivity index (χ2n) is 7.35.